The number of aliphatic hydroxyl groups is 2. The van der Waals surface area contributed by atoms with Gasteiger partial charge in [0.1, 0.15) is 11.5 Å². The van der Waals surface area contributed by atoms with E-state index in [-0.39, 0.29) is 24.5 Å². The minimum absolute atomic E-state index is 0.0232. The van der Waals surface area contributed by atoms with Gasteiger partial charge in [-0.3, -0.25) is 9.59 Å². The lowest BCUT2D eigenvalue weighted by atomic mass is 9.95. The number of halogens is 1. The summed E-state index contributed by atoms with van der Waals surface area (Å²) in [6, 6.07) is 12.5. The quantitative estimate of drug-likeness (QED) is 0.441. The molecule has 0 saturated carbocycles. The number of hydrogen-bond acceptors (Lipinski definition) is 5. The van der Waals surface area contributed by atoms with E-state index in [4.69, 9.17) is 16.3 Å². The van der Waals surface area contributed by atoms with Gasteiger partial charge in [-0.25, -0.2) is 0 Å². The average molecular weight is 402 g/mol. The lowest BCUT2D eigenvalue weighted by Crippen LogP contribution is -2.32. The Bertz CT molecular complexity index is 905. The number of Topliss-reactive ketones (excluding diaryl/α,β-unsaturated/α-hetero) is 1. The number of amides is 1. The Morgan fingerprint density at radius 2 is 1.75 bits per heavy atom. The fourth-order valence-corrected chi connectivity index (χ4v) is 3.37. The van der Waals surface area contributed by atoms with Gasteiger partial charge in [0.2, 0.25) is 0 Å². The lowest BCUT2D eigenvalue weighted by Gasteiger charge is -2.24. The summed E-state index contributed by atoms with van der Waals surface area (Å²) in [4.78, 5) is 26.5. The van der Waals surface area contributed by atoms with Crippen molar-refractivity contribution in [3.05, 3.63) is 70.3 Å². The first-order valence-corrected chi connectivity index (χ1v) is 9.23. The number of hydrogen-bond donors (Lipinski definition) is 2. The van der Waals surface area contributed by atoms with Crippen LogP contribution in [0.15, 0.2) is 54.1 Å². The zero-order valence-electron chi connectivity index (χ0n) is 15.3. The summed E-state index contributed by atoms with van der Waals surface area (Å²) in [7, 11) is 0. The zero-order chi connectivity index (χ0) is 20.3. The van der Waals surface area contributed by atoms with E-state index in [1.54, 1.807) is 48.5 Å². The van der Waals surface area contributed by atoms with Crippen molar-refractivity contribution in [3.63, 3.8) is 0 Å². The standard InChI is InChI=1S/C21H20ClNO5/c1-2-28-16-9-5-13(6-10-16)18-17(20(26)21(27)23(18)11-12-24)19(25)14-3-7-15(22)8-4-14/h3-10,18,24-25H,2,11-12H2,1H3/b19-17-. The molecule has 2 aromatic rings. The van der Waals surface area contributed by atoms with Crippen molar-refractivity contribution < 1.29 is 24.5 Å². The maximum atomic E-state index is 12.7. The number of benzene rings is 2. The Morgan fingerprint density at radius 1 is 1.11 bits per heavy atom. The summed E-state index contributed by atoms with van der Waals surface area (Å²) in [6.45, 7) is 2.05. The second kappa shape index (κ2) is 8.46. The molecule has 28 heavy (non-hydrogen) atoms. The zero-order valence-corrected chi connectivity index (χ0v) is 16.0. The van der Waals surface area contributed by atoms with Crippen LogP contribution in [-0.4, -0.2) is 46.6 Å². The molecule has 1 aliphatic rings. The Labute approximate surface area is 167 Å². The highest BCUT2D eigenvalue weighted by Crippen LogP contribution is 2.39. The second-order valence-electron chi connectivity index (χ2n) is 6.23. The first-order chi connectivity index (χ1) is 13.5. The van der Waals surface area contributed by atoms with Crippen LogP contribution in [-0.2, 0) is 9.59 Å². The number of ether oxygens (including phenoxy) is 1. The van der Waals surface area contributed by atoms with Gasteiger partial charge in [-0.15, -0.1) is 0 Å². The van der Waals surface area contributed by atoms with Gasteiger partial charge in [-0.1, -0.05) is 23.7 Å². The molecular formula is C21H20ClNO5. The molecule has 1 unspecified atom stereocenters. The molecule has 1 atom stereocenters. The van der Waals surface area contributed by atoms with Crippen molar-refractivity contribution >= 4 is 29.1 Å². The van der Waals surface area contributed by atoms with Crippen molar-refractivity contribution in [2.24, 2.45) is 0 Å². The van der Waals surface area contributed by atoms with Gasteiger partial charge in [0.05, 0.1) is 24.8 Å². The summed E-state index contributed by atoms with van der Waals surface area (Å²) in [6.07, 6.45) is 0. The number of carbonyl (C=O) groups excluding carboxylic acids is 2. The van der Waals surface area contributed by atoms with Gasteiger partial charge >= 0.3 is 0 Å². The molecule has 0 radical (unpaired) electrons. The number of β-amino-alcohol motifs (C(OH)–C–C–N with tert-alkyl or cyclic N) is 1. The number of likely N-dealkylation sites (tertiary alicyclic amines) is 1. The highest BCUT2D eigenvalue weighted by atomic mass is 35.5. The third-order valence-corrected chi connectivity index (χ3v) is 4.76. The molecular weight excluding hydrogens is 382 g/mol. The first-order valence-electron chi connectivity index (χ1n) is 8.86. The Kier molecular flexibility index (Phi) is 6.02. The van der Waals surface area contributed by atoms with Gasteiger partial charge in [-0.05, 0) is 48.9 Å². The summed E-state index contributed by atoms with van der Waals surface area (Å²) in [5, 5.41) is 20.7. The van der Waals surface area contributed by atoms with Crippen molar-refractivity contribution in [3.8, 4) is 5.75 Å². The third-order valence-electron chi connectivity index (χ3n) is 4.51. The highest BCUT2D eigenvalue weighted by Gasteiger charge is 2.45. The first kappa shape index (κ1) is 19.9. The van der Waals surface area contributed by atoms with Crippen LogP contribution in [0.2, 0.25) is 5.02 Å². The van der Waals surface area contributed by atoms with Crippen LogP contribution >= 0.6 is 11.6 Å². The van der Waals surface area contributed by atoms with E-state index in [1.807, 2.05) is 6.92 Å². The van der Waals surface area contributed by atoms with E-state index in [9.17, 15) is 19.8 Å². The SMILES string of the molecule is CCOc1ccc(C2/C(=C(/O)c3ccc(Cl)cc3)C(=O)C(=O)N2CCO)cc1. The minimum Gasteiger partial charge on any atom is -0.507 e. The maximum absolute atomic E-state index is 12.7. The van der Waals surface area contributed by atoms with Gasteiger partial charge in [0, 0.05) is 17.1 Å². The van der Waals surface area contributed by atoms with E-state index in [1.165, 1.54) is 4.90 Å². The summed E-state index contributed by atoms with van der Waals surface area (Å²) in [5.74, 6) is -1.18. The molecule has 0 spiro atoms. The molecule has 0 aromatic heterocycles. The minimum atomic E-state index is -0.807. The molecule has 1 aliphatic heterocycles. The molecule has 0 bridgehead atoms. The van der Waals surface area contributed by atoms with Crippen LogP contribution < -0.4 is 4.74 Å². The second-order valence-corrected chi connectivity index (χ2v) is 6.66. The van der Waals surface area contributed by atoms with Gasteiger partial charge in [0.25, 0.3) is 11.7 Å². The smallest absolute Gasteiger partial charge is 0.295 e. The topological polar surface area (TPSA) is 87.1 Å². The van der Waals surface area contributed by atoms with E-state index >= 15 is 0 Å². The summed E-state index contributed by atoms with van der Waals surface area (Å²) < 4.78 is 5.43. The molecule has 3 rings (SSSR count). The van der Waals surface area contributed by atoms with Crippen molar-refractivity contribution in [2.75, 3.05) is 19.8 Å². The number of aliphatic hydroxyl groups excluding tert-OH is 2. The molecule has 0 aliphatic carbocycles. The molecule has 2 N–H and O–H groups in total. The number of nitrogens with zero attached hydrogens (tertiary/aromatic N) is 1. The molecule has 1 heterocycles. The van der Waals surface area contributed by atoms with Crippen molar-refractivity contribution in [1.29, 1.82) is 0 Å². The molecule has 7 heteroatoms. The van der Waals surface area contributed by atoms with Gasteiger partial charge in [0.15, 0.2) is 0 Å². The molecule has 6 nitrogen and oxygen atoms in total. The highest BCUT2D eigenvalue weighted by molar-refractivity contribution is 6.46. The fourth-order valence-electron chi connectivity index (χ4n) is 3.24. The lowest BCUT2D eigenvalue weighted by molar-refractivity contribution is -0.140. The molecule has 1 fully saturated rings. The monoisotopic (exact) mass is 401 g/mol. The van der Waals surface area contributed by atoms with E-state index < -0.39 is 17.7 Å². The van der Waals surface area contributed by atoms with Crippen molar-refractivity contribution in [1.82, 2.24) is 4.90 Å². The van der Waals surface area contributed by atoms with Gasteiger partial charge in [-0.2, -0.15) is 0 Å². The Morgan fingerprint density at radius 3 is 2.32 bits per heavy atom. The molecule has 1 saturated heterocycles. The van der Waals surface area contributed by atoms with E-state index in [0.717, 1.165) is 0 Å². The average Bonchev–Trinajstić information content (AvgIpc) is 2.94. The van der Waals surface area contributed by atoms with Crippen molar-refractivity contribution in [2.45, 2.75) is 13.0 Å². The largest absolute Gasteiger partial charge is 0.507 e. The van der Waals surface area contributed by atoms with E-state index in [0.29, 0.717) is 28.5 Å². The Hall–Kier alpha value is -2.83. The van der Waals surface area contributed by atoms with Gasteiger partial charge < -0.3 is 19.8 Å². The van der Waals surface area contributed by atoms with E-state index in [2.05, 4.69) is 0 Å². The normalized spacial score (nSPS) is 18.5. The maximum Gasteiger partial charge on any atom is 0.295 e. The molecule has 2 aromatic carbocycles. The van der Waals surface area contributed by atoms with Crippen LogP contribution in [0.25, 0.3) is 5.76 Å². The number of carbonyl (C=O) groups is 2. The number of ketones is 1. The molecule has 1 amide bonds. The van der Waals surface area contributed by atoms with Crippen LogP contribution in [0.5, 0.6) is 5.75 Å². The summed E-state index contributed by atoms with van der Waals surface area (Å²) >= 11 is 5.89. The van der Waals surface area contributed by atoms with Crippen LogP contribution in [0.4, 0.5) is 0 Å². The third kappa shape index (κ3) is 3.74. The fraction of sp³-hybridized carbons (Fsp3) is 0.238. The van der Waals surface area contributed by atoms with Crippen LogP contribution in [0.1, 0.15) is 24.1 Å². The predicted octanol–water partition coefficient (Wildman–Crippen LogP) is 3.15. The summed E-state index contributed by atoms with van der Waals surface area (Å²) in [5.41, 5.74) is 0.985. The molecule has 146 valence electrons. The predicted molar refractivity (Wildman–Crippen MR) is 105 cm³/mol. The Balaban J connectivity index is 2.11. The number of rotatable bonds is 6. The van der Waals surface area contributed by atoms with Crippen LogP contribution in [0, 0.1) is 0 Å². The van der Waals surface area contributed by atoms with Crippen LogP contribution in [0.3, 0.4) is 0 Å².